The van der Waals surface area contributed by atoms with Crippen LogP contribution in [0.3, 0.4) is 0 Å². The summed E-state index contributed by atoms with van der Waals surface area (Å²) in [6.45, 7) is 2.88. The Kier molecular flexibility index (Phi) is 4.85. The smallest absolute Gasteiger partial charge is 0.190 e. The summed E-state index contributed by atoms with van der Waals surface area (Å²) in [5.74, 6) is 1.55. The molecule has 0 aliphatic carbocycles. The Morgan fingerprint density at radius 2 is 2.16 bits per heavy atom. The lowest BCUT2D eigenvalue weighted by Crippen LogP contribution is -2.36. The molecule has 0 bridgehead atoms. The van der Waals surface area contributed by atoms with Gasteiger partial charge in [-0.1, -0.05) is 6.42 Å². The van der Waals surface area contributed by atoms with Gasteiger partial charge >= 0.3 is 0 Å². The molecular formula is C14H24N4O. The molecule has 0 spiro atoms. The van der Waals surface area contributed by atoms with Crippen molar-refractivity contribution in [1.29, 1.82) is 0 Å². The molecule has 2 N–H and O–H groups in total. The van der Waals surface area contributed by atoms with E-state index in [0.29, 0.717) is 12.5 Å². The summed E-state index contributed by atoms with van der Waals surface area (Å²) < 4.78 is 5.58. The number of hydrogen-bond donors (Lipinski definition) is 1. The number of guanidine groups is 1. The maximum absolute atomic E-state index is 5.87. The molecule has 5 heteroatoms. The van der Waals surface area contributed by atoms with Crippen molar-refractivity contribution >= 4 is 5.96 Å². The van der Waals surface area contributed by atoms with E-state index in [1.807, 2.05) is 31.1 Å². The molecule has 0 amide bonds. The Hall–Kier alpha value is -1.49. The van der Waals surface area contributed by atoms with Crippen molar-refractivity contribution in [3.8, 4) is 0 Å². The summed E-state index contributed by atoms with van der Waals surface area (Å²) in [6.07, 6.45) is 5.56. The molecule has 1 aliphatic heterocycles. The van der Waals surface area contributed by atoms with Gasteiger partial charge in [0, 0.05) is 14.1 Å². The van der Waals surface area contributed by atoms with Crippen molar-refractivity contribution in [3.05, 3.63) is 24.2 Å². The van der Waals surface area contributed by atoms with Crippen LogP contribution in [0, 0.1) is 0 Å². The second kappa shape index (κ2) is 6.61. The van der Waals surface area contributed by atoms with Crippen LogP contribution >= 0.6 is 0 Å². The maximum atomic E-state index is 5.87. The minimum atomic E-state index is 0.203. The highest BCUT2D eigenvalue weighted by Crippen LogP contribution is 2.25. The Labute approximate surface area is 115 Å². The number of piperidine rings is 1. The molecule has 2 rings (SSSR count). The highest BCUT2D eigenvalue weighted by atomic mass is 16.3. The highest BCUT2D eigenvalue weighted by Gasteiger charge is 2.24. The summed E-state index contributed by atoms with van der Waals surface area (Å²) >= 11 is 0. The zero-order chi connectivity index (χ0) is 13.7. The van der Waals surface area contributed by atoms with E-state index < -0.39 is 0 Å². The summed E-state index contributed by atoms with van der Waals surface area (Å²) in [5, 5.41) is 0. The number of nitrogens with zero attached hydrogens (tertiary/aromatic N) is 3. The van der Waals surface area contributed by atoms with Crippen molar-refractivity contribution < 1.29 is 4.42 Å². The van der Waals surface area contributed by atoms with Gasteiger partial charge in [0.1, 0.15) is 5.76 Å². The van der Waals surface area contributed by atoms with E-state index in [1.165, 1.54) is 19.3 Å². The van der Waals surface area contributed by atoms with E-state index in [9.17, 15) is 0 Å². The summed E-state index contributed by atoms with van der Waals surface area (Å²) in [4.78, 5) is 8.76. The van der Waals surface area contributed by atoms with Crippen LogP contribution in [0.5, 0.6) is 0 Å². The largest absolute Gasteiger partial charge is 0.468 e. The molecular weight excluding hydrogens is 240 g/mol. The predicted molar refractivity (Wildman–Crippen MR) is 77.0 cm³/mol. The Morgan fingerprint density at radius 3 is 2.74 bits per heavy atom. The van der Waals surface area contributed by atoms with Crippen molar-refractivity contribution in [2.45, 2.75) is 25.3 Å². The third-order valence-corrected chi connectivity index (χ3v) is 3.59. The molecule has 0 radical (unpaired) electrons. The van der Waals surface area contributed by atoms with Gasteiger partial charge < -0.3 is 15.1 Å². The minimum absolute atomic E-state index is 0.203. The quantitative estimate of drug-likeness (QED) is 0.664. The van der Waals surface area contributed by atoms with Gasteiger partial charge in [0.25, 0.3) is 0 Å². The predicted octanol–water partition coefficient (Wildman–Crippen LogP) is 1.68. The van der Waals surface area contributed by atoms with E-state index in [4.69, 9.17) is 10.2 Å². The summed E-state index contributed by atoms with van der Waals surface area (Å²) in [6, 6.07) is 4.17. The zero-order valence-corrected chi connectivity index (χ0v) is 11.9. The van der Waals surface area contributed by atoms with E-state index in [-0.39, 0.29) is 6.04 Å². The van der Waals surface area contributed by atoms with Gasteiger partial charge in [0.2, 0.25) is 0 Å². The average Bonchev–Trinajstić information content (AvgIpc) is 2.94. The van der Waals surface area contributed by atoms with Crippen molar-refractivity contribution in [2.75, 3.05) is 33.7 Å². The van der Waals surface area contributed by atoms with Crippen LogP contribution in [0.1, 0.15) is 31.1 Å². The Bertz CT molecular complexity index is 394. The van der Waals surface area contributed by atoms with Crippen LogP contribution in [0.4, 0.5) is 0 Å². The average molecular weight is 264 g/mol. The fourth-order valence-corrected chi connectivity index (χ4v) is 2.42. The van der Waals surface area contributed by atoms with Crippen LogP contribution in [-0.2, 0) is 0 Å². The topological polar surface area (TPSA) is 58.0 Å². The van der Waals surface area contributed by atoms with Crippen LogP contribution in [-0.4, -0.2) is 49.5 Å². The van der Waals surface area contributed by atoms with E-state index in [2.05, 4.69) is 9.89 Å². The van der Waals surface area contributed by atoms with Crippen molar-refractivity contribution in [2.24, 2.45) is 10.7 Å². The first-order valence-corrected chi connectivity index (χ1v) is 6.93. The number of furan rings is 1. The van der Waals surface area contributed by atoms with Crippen molar-refractivity contribution in [3.63, 3.8) is 0 Å². The van der Waals surface area contributed by atoms with E-state index >= 15 is 0 Å². The fraction of sp³-hybridized carbons (Fsp3) is 0.643. The summed E-state index contributed by atoms with van der Waals surface area (Å²) in [5.41, 5.74) is 5.87. The van der Waals surface area contributed by atoms with Crippen LogP contribution in [0.2, 0.25) is 0 Å². The van der Waals surface area contributed by atoms with Gasteiger partial charge in [-0.2, -0.15) is 0 Å². The first-order chi connectivity index (χ1) is 9.18. The minimum Gasteiger partial charge on any atom is -0.468 e. The molecule has 1 atom stereocenters. The third kappa shape index (κ3) is 3.73. The molecule has 19 heavy (non-hydrogen) atoms. The lowest BCUT2D eigenvalue weighted by molar-refractivity contribution is 0.150. The molecule has 1 aromatic heterocycles. The van der Waals surface area contributed by atoms with Gasteiger partial charge in [0.15, 0.2) is 5.96 Å². The van der Waals surface area contributed by atoms with Crippen molar-refractivity contribution in [1.82, 2.24) is 9.80 Å². The van der Waals surface area contributed by atoms with Gasteiger partial charge in [0.05, 0.1) is 18.8 Å². The summed E-state index contributed by atoms with van der Waals surface area (Å²) in [7, 11) is 3.81. The second-order valence-corrected chi connectivity index (χ2v) is 5.22. The fourth-order valence-electron chi connectivity index (χ4n) is 2.42. The zero-order valence-electron chi connectivity index (χ0n) is 11.9. The number of aliphatic imine (C=N–C) groups is 1. The van der Waals surface area contributed by atoms with Gasteiger partial charge in [-0.05, 0) is 38.1 Å². The third-order valence-electron chi connectivity index (χ3n) is 3.59. The van der Waals surface area contributed by atoms with E-state index in [0.717, 1.165) is 18.8 Å². The molecule has 0 saturated carbocycles. The molecule has 1 aromatic rings. The molecule has 1 aliphatic rings. The van der Waals surface area contributed by atoms with Crippen LogP contribution in [0.25, 0.3) is 0 Å². The SMILES string of the molecule is CN(C)C(N)=NCC(c1ccco1)N1CCCCC1. The monoisotopic (exact) mass is 264 g/mol. The van der Waals surface area contributed by atoms with E-state index in [1.54, 1.807) is 6.26 Å². The Balaban J connectivity index is 2.08. The lowest BCUT2D eigenvalue weighted by atomic mass is 10.1. The molecule has 106 valence electrons. The number of likely N-dealkylation sites (tertiary alicyclic amines) is 1. The first-order valence-electron chi connectivity index (χ1n) is 6.93. The normalized spacial score (nSPS) is 19.4. The van der Waals surface area contributed by atoms with Gasteiger partial charge in [-0.3, -0.25) is 9.89 Å². The molecule has 1 saturated heterocycles. The number of nitrogens with two attached hydrogens (primary N) is 1. The van der Waals surface area contributed by atoms with Gasteiger partial charge in [-0.25, -0.2) is 0 Å². The van der Waals surface area contributed by atoms with Gasteiger partial charge in [-0.15, -0.1) is 0 Å². The van der Waals surface area contributed by atoms with Crippen LogP contribution in [0.15, 0.2) is 27.8 Å². The number of hydrogen-bond acceptors (Lipinski definition) is 3. The van der Waals surface area contributed by atoms with Crippen LogP contribution < -0.4 is 5.73 Å². The maximum Gasteiger partial charge on any atom is 0.190 e. The highest BCUT2D eigenvalue weighted by molar-refractivity contribution is 5.77. The Morgan fingerprint density at radius 1 is 1.42 bits per heavy atom. The standard InChI is InChI=1S/C14H24N4O/c1-17(2)14(15)16-11-12(13-7-6-10-19-13)18-8-4-3-5-9-18/h6-7,10,12H,3-5,8-9,11H2,1-2H3,(H2,15,16). The molecule has 0 aromatic carbocycles. The first kappa shape index (κ1) is 13.9. The second-order valence-electron chi connectivity index (χ2n) is 5.22. The number of rotatable bonds is 4. The molecule has 5 nitrogen and oxygen atoms in total. The molecule has 1 fully saturated rings. The lowest BCUT2D eigenvalue weighted by Gasteiger charge is -2.32. The molecule has 2 heterocycles. The molecule has 1 unspecified atom stereocenters.